The van der Waals surface area contributed by atoms with Crippen molar-refractivity contribution in [2.75, 3.05) is 26.5 Å². The van der Waals surface area contributed by atoms with Crippen molar-refractivity contribution >= 4 is 0 Å². The molecule has 0 aliphatic carbocycles. The van der Waals surface area contributed by atoms with Gasteiger partial charge in [0.2, 0.25) is 6.79 Å². The topological polar surface area (TPSA) is 51.2 Å². The normalized spacial score (nSPS) is 21.9. The SMILES string of the molecule is CCCOc1cc2c(cc1CN1CC[C@](O)(c3ccccc3)C1)OCO2. The zero-order valence-electron chi connectivity index (χ0n) is 15.1. The standard InChI is InChI=1S/C21H25NO4/c1-2-10-24-18-12-20-19(25-15-26-20)11-16(18)13-22-9-8-21(23,14-22)17-6-4-3-5-7-17/h3-7,11-12,23H,2,8-10,13-15H2,1H3/t21-/m1/s1. The highest BCUT2D eigenvalue weighted by molar-refractivity contribution is 5.52. The molecule has 1 saturated heterocycles. The lowest BCUT2D eigenvalue weighted by molar-refractivity contribution is 0.0452. The minimum Gasteiger partial charge on any atom is -0.493 e. The summed E-state index contributed by atoms with van der Waals surface area (Å²) < 4.78 is 16.9. The molecule has 26 heavy (non-hydrogen) atoms. The van der Waals surface area contributed by atoms with Crippen LogP contribution in [0.3, 0.4) is 0 Å². The average Bonchev–Trinajstić information content (AvgIpc) is 3.27. The van der Waals surface area contributed by atoms with Crippen LogP contribution in [0.5, 0.6) is 17.2 Å². The Hall–Kier alpha value is -2.24. The fraction of sp³-hybridized carbons (Fsp3) is 0.429. The van der Waals surface area contributed by atoms with Crippen LogP contribution in [0.1, 0.15) is 30.9 Å². The predicted molar refractivity (Wildman–Crippen MR) is 98.6 cm³/mol. The van der Waals surface area contributed by atoms with Gasteiger partial charge in [-0.05, 0) is 24.5 Å². The maximum absolute atomic E-state index is 11.1. The van der Waals surface area contributed by atoms with Gasteiger partial charge in [0, 0.05) is 31.3 Å². The van der Waals surface area contributed by atoms with Crippen LogP contribution in [0.15, 0.2) is 42.5 Å². The van der Waals surface area contributed by atoms with Gasteiger partial charge in [-0.25, -0.2) is 0 Å². The third kappa shape index (κ3) is 3.37. The highest BCUT2D eigenvalue weighted by Gasteiger charge is 2.37. The van der Waals surface area contributed by atoms with Crippen molar-refractivity contribution in [1.82, 2.24) is 4.90 Å². The van der Waals surface area contributed by atoms with Gasteiger partial charge in [-0.15, -0.1) is 0 Å². The second kappa shape index (κ2) is 7.17. The lowest BCUT2D eigenvalue weighted by Gasteiger charge is -2.24. The van der Waals surface area contributed by atoms with E-state index < -0.39 is 5.60 Å². The lowest BCUT2D eigenvalue weighted by atomic mass is 9.93. The van der Waals surface area contributed by atoms with Gasteiger partial charge < -0.3 is 19.3 Å². The second-order valence-corrected chi connectivity index (χ2v) is 7.02. The first-order chi connectivity index (χ1) is 12.7. The Morgan fingerprint density at radius 2 is 1.92 bits per heavy atom. The van der Waals surface area contributed by atoms with Gasteiger partial charge in [-0.3, -0.25) is 4.90 Å². The van der Waals surface area contributed by atoms with E-state index in [2.05, 4.69) is 11.8 Å². The third-order valence-electron chi connectivity index (χ3n) is 5.05. The highest BCUT2D eigenvalue weighted by atomic mass is 16.7. The number of nitrogens with zero attached hydrogens (tertiary/aromatic N) is 1. The summed E-state index contributed by atoms with van der Waals surface area (Å²) in [6.45, 7) is 5.17. The maximum Gasteiger partial charge on any atom is 0.231 e. The van der Waals surface area contributed by atoms with Gasteiger partial charge in [-0.2, -0.15) is 0 Å². The van der Waals surface area contributed by atoms with Crippen molar-refractivity contribution in [1.29, 1.82) is 0 Å². The average molecular weight is 355 g/mol. The molecule has 5 nitrogen and oxygen atoms in total. The molecule has 5 heteroatoms. The molecule has 0 unspecified atom stereocenters. The Labute approximate surface area is 154 Å². The Balaban J connectivity index is 1.52. The molecule has 0 bridgehead atoms. The third-order valence-corrected chi connectivity index (χ3v) is 5.05. The van der Waals surface area contributed by atoms with Crippen LogP contribution in [0.25, 0.3) is 0 Å². The number of fused-ring (bicyclic) bond motifs is 1. The molecule has 2 aromatic carbocycles. The van der Waals surface area contributed by atoms with Crippen molar-refractivity contribution in [3.63, 3.8) is 0 Å². The number of ether oxygens (including phenoxy) is 3. The summed E-state index contributed by atoms with van der Waals surface area (Å²) >= 11 is 0. The Morgan fingerprint density at radius 3 is 2.69 bits per heavy atom. The second-order valence-electron chi connectivity index (χ2n) is 7.02. The van der Waals surface area contributed by atoms with Crippen molar-refractivity contribution in [2.45, 2.75) is 31.9 Å². The molecule has 4 rings (SSSR count). The van der Waals surface area contributed by atoms with Gasteiger partial charge in [0.1, 0.15) is 11.4 Å². The van der Waals surface area contributed by atoms with Crippen molar-refractivity contribution in [3.8, 4) is 17.2 Å². The predicted octanol–water partition coefficient (Wildman–Crippen LogP) is 3.30. The monoisotopic (exact) mass is 355 g/mol. The van der Waals surface area contributed by atoms with E-state index >= 15 is 0 Å². The first-order valence-electron chi connectivity index (χ1n) is 9.23. The van der Waals surface area contributed by atoms with Crippen LogP contribution in [0.2, 0.25) is 0 Å². The van der Waals surface area contributed by atoms with Crippen LogP contribution < -0.4 is 14.2 Å². The van der Waals surface area contributed by atoms with Crippen LogP contribution in [0, 0.1) is 0 Å². The summed E-state index contributed by atoms with van der Waals surface area (Å²) in [7, 11) is 0. The minimum atomic E-state index is -0.790. The Morgan fingerprint density at radius 1 is 1.15 bits per heavy atom. The largest absolute Gasteiger partial charge is 0.493 e. The van der Waals surface area contributed by atoms with Crippen molar-refractivity contribution in [2.24, 2.45) is 0 Å². The molecule has 138 valence electrons. The molecule has 2 heterocycles. The van der Waals surface area contributed by atoms with Crippen molar-refractivity contribution in [3.05, 3.63) is 53.6 Å². The number of rotatable bonds is 6. The minimum absolute atomic E-state index is 0.253. The number of aliphatic hydroxyl groups is 1. The van der Waals surface area contributed by atoms with Gasteiger partial charge in [0.25, 0.3) is 0 Å². The van der Waals surface area contributed by atoms with E-state index in [4.69, 9.17) is 14.2 Å². The fourth-order valence-electron chi connectivity index (χ4n) is 3.67. The molecule has 1 atom stereocenters. The van der Waals surface area contributed by atoms with E-state index in [1.807, 2.05) is 42.5 Å². The smallest absolute Gasteiger partial charge is 0.231 e. The van der Waals surface area contributed by atoms with Crippen molar-refractivity contribution < 1.29 is 19.3 Å². The molecular weight excluding hydrogens is 330 g/mol. The van der Waals surface area contributed by atoms with E-state index in [0.717, 1.165) is 47.8 Å². The first-order valence-corrected chi connectivity index (χ1v) is 9.23. The number of hydrogen-bond acceptors (Lipinski definition) is 5. The summed E-state index contributed by atoms with van der Waals surface area (Å²) in [5, 5.41) is 11.1. The van der Waals surface area contributed by atoms with Gasteiger partial charge >= 0.3 is 0 Å². The maximum atomic E-state index is 11.1. The summed E-state index contributed by atoms with van der Waals surface area (Å²) in [6.07, 6.45) is 1.68. The van der Waals surface area contributed by atoms with E-state index in [-0.39, 0.29) is 6.79 Å². The quantitative estimate of drug-likeness (QED) is 0.862. The summed E-state index contributed by atoms with van der Waals surface area (Å²) in [5.74, 6) is 2.34. The summed E-state index contributed by atoms with van der Waals surface area (Å²) in [4.78, 5) is 2.27. The molecular formula is C21H25NO4. The molecule has 0 saturated carbocycles. The number of likely N-dealkylation sites (tertiary alicyclic amines) is 1. The number of hydrogen-bond donors (Lipinski definition) is 1. The molecule has 1 N–H and O–H groups in total. The summed E-state index contributed by atoms with van der Waals surface area (Å²) in [6, 6.07) is 13.9. The lowest BCUT2D eigenvalue weighted by Crippen LogP contribution is -2.30. The number of benzene rings is 2. The molecule has 0 amide bonds. The Kier molecular flexibility index (Phi) is 4.74. The van der Waals surface area contributed by atoms with E-state index in [9.17, 15) is 5.11 Å². The Bertz CT molecular complexity index is 764. The fourth-order valence-corrected chi connectivity index (χ4v) is 3.67. The molecule has 2 aromatic rings. The van der Waals surface area contributed by atoms with Crippen LogP contribution >= 0.6 is 0 Å². The molecule has 0 radical (unpaired) electrons. The molecule has 0 spiro atoms. The van der Waals surface area contributed by atoms with E-state index in [1.54, 1.807) is 0 Å². The van der Waals surface area contributed by atoms with E-state index in [1.165, 1.54) is 0 Å². The zero-order valence-corrected chi connectivity index (χ0v) is 15.1. The van der Waals surface area contributed by atoms with E-state index in [0.29, 0.717) is 19.7 Å². The van der Waals surface area contributed by atoms with Gasteiger partial charge in [0.15, 0.2) is 11.5 Å². The van der Waals surface area contributed by atoms with Crippen LogP contribution in [0.4, 0.5) is 0 Å². The first kappa shape index (κ1) is 17.2. The van der Waals surface area contributed by atoms with Gasteiger partial charge in [0.05, 0.1) is 6.61 Å². The van der Waals surface area contributed by atoms with Crippen LogP contribution in [-0.2, 0) is 12.1 Å². The zero-order chi connectivity index (χ0) is 18.0. The highest BCUT2D eigenvalue weighted by Crippen LogP contribution is 2.40. The summed E-state index contributed by atoms with van der Waals surface area (Å²) in [5.41, 5.74) is 1.26. The molecule has 0 aromatic heterocycles. The molecule has 1 fully saturated rings. The number of β-amino-alcohol motifs (C(OH)–C–C–N with tert-alkyl or cyclic N) is 1. The van der Waals surface area contributed by atoms with Gasteiger partial charge in [-0.1, -0.05) is 37.3 Å². The molecule has 2 aliphatic rings. The van der Waals surface area contributed by atoms with Crippen LogP contribution in [-0.4, -0.2) is 36.5 Å². The molecule has 2 aliphatic heterocycles.